The molecule has 0 aliphatic carbocycles. The van der Waals surface area contributed by atoms with E-state index in [1.807, 2.05) is 12.1 Å². The summed E-state index contributed by atoms with van der Waals surface area (Å²) in [4.78, 5) is 46.0. The van der Waals surface area contributed by atoms with Gasteiger partial charge in [0.15, 0.2) is 5.76 Å². The number of methoxy groups -OCH3 is 1. The Kier molecular flexibility index (Phi) is 6.85. The maximum atomic E-state index is 14.0. The lowest BCUT2D eigenvalue weighted by Gasteiger charge is -2.17. The highest BCUT2D eigenvalue weighted by molar-refractivity contribution is 9.09. The number of aromatic hydroxyl groups is 1. The normalized spacial score (nSPS) is 14.7. The van der Waals surface area contributed by atoms with Gasteiger partial charge in [-0.05, 0) is 42.0 Å². The molecule has 4 heterocycles. The molecule has 1 aliphatic heterocycles. The van der Waals surface area contributed by atoms with Gasteiger partial charge in [0.25, 0.3) is 11.8 Å². The van der Waals surface area contributed by atoms with E-state index >= 15 is 0 Å². The van der Waals surface area contributed by atoms with E-state index in [9.17, 15) is 32.7 Å². The van der Waals surface area contributed by atoms with Gasteiger partial charge >= 0.3 is 12.1 Å². The molecule has 1 unspecified atom stereocenters. The molecule has 0 spiro atoms. The van der Waals surface area contributed by atoms with Crippen LogP contribution in [0.5, 0.6) is 5.75 Å². The number of H-pyrrole nitrogens is 2. The Morgan fingerprint density at radius 2 is 1.87 bits per heavy atom. The minimum Gasteiger partial charge on any atom is -0.506 e. The summed E-state index contributed by atoms with van der Waals surface area (Å²) in [5.41, 5.74) is -0.160. The second kappa shape index (κ2) is 10.7. The minimum atomic E-state index is -4.95. The van der Waals surface area contributed by atoms with Gasteiger partial charge in [-0.15, -0.1) is 0 Å². The zero-order valence-corrected chi connectivity index (χ0v) is 25.3. The zero-order valence-electron chi connectivity index (χ0n) is 23.7. The summed E-state index contributed by atoms with van der Waals surface area (Å²) in [5.74, 6) is -3.15. The van der Waals surface area contributed by atoms with Crippen LogP contribution in [0.2, 0.25) is 0 Å². The van der Waals surface area contributed by atoms with E-state index in [0.717, 1.165) is 12.5 Å². The van der Waals surface area contributed by atoms with Crippen molar-refractivity contribution in [3.63, 3.8) is 0 Å². The van der Waals surface area contributed by atoms with Crippen LogP contribution < -0.4 is 10.2 Å². The topological polar surface area (TPSA) is 141 Å². The highest BCUT2D eigenvalue weighted by Gasteiger charge is 2.43. The number of aromatic amines is 2. The number of phenols is 1. The van der Waals surface area contributed by atoms with Crippen LogP contribution in [0, 0.1) is 0 Å². The van der Waals surface area contributed by atoms with Crippen molar-refractivity contribution in [1.82, 2.24) is 9.97 Å². The molecule has 0 saturated heterocycles. The number of esters is 1. The molecule has 0 bridgehead atoms. The number of phenolic OH excluding ortho intramolecular Hbond substituents is 1. The van der Waals surface area contributed by atoms with Crippen LogP contribution in [-0.2, 0) is 10.9 Å². The fourth-order valence-electron chi connectivity index (χ4n) is 6.01. The molecule has 46 heavy (non-hydrogen) atoms. The van der Waals surface area contributed by atoms with E-state index in [2.05, 4.69) is 36.0 Å². The number of fused-ring (bicyclic) bond motifs is 5. The number of para-hydroxylation sites is 1. The second-order valence-corrected chi connectivity index (χ2v) is 11.4. The number of hydrogen-bond donors (Lipinski definition) is 4. The lowest BCUT2D eigenvalue weighted by Crippen LogP contribution is -2.30. The van der Waals surface area contributed by atoms with Gasteiger partial charge in [-0.3, -0.25) is 9.59 Å². The van der Waals surface area contributed by atoms with Crippen LogP contribution in [-0.4, -0.2) is 51.8 Å². The van der Waals surface area contributed by atoms with Gasteiger partial charge in [0, 0.05) is 51.2 Å². The number of benzene rings is 3. The summed E-state index contributed by atoms with van der Waals surface area (Å²) in [6.45, 7) is 0.0548. The number of ether oxygens (including phenoxy) is 1. The number of rotatable bonds is 5. The Morgan fingerprint density at radius 3 is 2.59 bits per heavy atom. The van der Waals surface area contributed by atoms with E-state index in [-0.39, 0.29) is 45.5 Å². The predicted octanol–water partition coefficient (Wildman–Crippen LogP) is 7.30. The number of carbonyl (C=O) groups is 3. The first-order chi connectivity index (χ1) is 22.0. The number of amides is 2. The number of furan rings is 1. The Labute approximate surface area is 265 Å². The average molecular weight is 695 g/mol. The Hall–Kier alpha value is -5.24. The highest BCUT2D eigenvalue weighted by Crippen LogP contribution is 2.49. The summed E-state index contributed by atoms with van der Waals surface area (Å²) < 4.78 is 52.3. The van der Waals surface area contributed by atoms with Crippen molar-refractivity contribution < 1.29 is 41.8 Å². The molecule has 2 amide bonds. The standard InChI is InChI=1S/C32H22BrF3N4O6/c1-45-31(44)26-25-24-16(12-33)13-40(20(24)11-21(41)27(25)39-28(26)32(34,35)36)30(43)19-9-15-8-17(6-7-18(15)38-19)37-29(42)23-10-14-4-2-3-5-22(14)46-23/h2-11,16,38-39,41H,12-13H2,1H3,(H,37,42). The SMILES string of the molecule is COC(=O)c1c(C(F)(F)F)[nH]c2c(O)cc3c(c12)C(CBr)CN3C(=O)c1cc2cc(NC(=O)c3cc4ccccc4o3)ccc2[nH]1. The van der Waals surface area contributed by atoms with Crippen molar-refractivity contribution in [3.05, 3.63) is 88.9 Å². The minimum absolute atomic E-state index is 0.0548. The first kappa shape index (κ1) is 29.5. The number of halogens is 4. The number of anilines is 2. The molecule has 3 aromatic heterocycles. The summed E-state index contributed by atoms with van der Waals surface area (Å²) >= 11 is 3.39. The first-order valence-corrected chi connectivity index (χ1v) is 15.0. The van der Waals surface area contributed by atoms with Gasteiger partial charge in [0.05, 0.1) is 23.9 Å². The van der Waals surface area contributed by atoms with Gasteiger partial charge in [-0.1, -0.05) is 34.1 Å². The average Bonchev–Trinajstić information content (AvgIpc) is 3.81. The van der Waals surface area contributed by atoms with Crippen LogP contribution in [0.3, 0.4) is 0 Å². The molecule has 234 valence electrons. The third-order valence-electron chi connectivity index (χ3n) is 8.04. The maximum Gasteiger partial charge on any atom is 0.432 e. The number of nitrogens with zero attached hydrogens (tertiary/aromatic N) is 1. The predicted molar refractivity (Wildman–Crippen MR) is 167 cm³/mol. The van der Waals surface area contributed by atoms with Crippen LogP contribution >= 0.6 is 15.9 Å². The summed E-state index contributed by atoms with van der Waals surface area (Å²) in [7, 11) is 0.966. The van der Waals surface area contributed by atoms with Crippen molar-refractivity contribution in [3.8, 4) is 5.75 Å². The van der Waals surface area contributed by atoms with E-state index in [1.165, 1.54) is 11.0 Å². The fraction of sp³-hybridized carbons (Fsp3) is 0.156. The van der Waals surface area contributed by atoms with Crippen molar-refractivity contribution in [2.24, 2.45) is 0 Å². The summed E-state index contributed by atoms with van der Waals surface area (Å²) in [6.07, 6.45) is -4.95. The van der Waals surface area contributed by atoms with Crippen molar-refractivity contribution >= 4 is 77.9 Å². The van der Waals surface area contributed by atoms with Crippen LogP contribution in [0.15, 0.2) is 65.1 Å². The molecule has 6 aromatic rings. The molecular formula is C32H22BrF3N4O6. The van der Waals surface area contributed by atoms with Crippen LogP contribution in [0.25, 0.3) is 32.8 Å². The highest BCUT2D eigenvalue weighted by atomic mass is 79.9. The van der Waals surface area contributed by atoms with Gasteiger partial charge < -0.3 is 34.4 Å². The van der Waals surface area contributed by atoms with Crippen LogP contribution in [0.1, 0.15) is 48.6 Å². The molecule has 3 aromatic carbocycles. The lowest BCUT2D eigenvalue weighted by atomic mass is 9.95. The number of alkyl halides is 4. The largest absolute Gasteiger partial charge is 0.506 e. The monoisotopic (exact) mass is 694 g/mol. The fourth-order valence-corrected chi connectivity index (χ4v) is 6.54. The number of aromatic nitrogens is 2. The van der Waals surface area contributed by atoms with E-state index in [4.69, 9.17) is 4.42 Å². The Bertz CT molecular complexity index is 2200. The zero-order chi connectivity index (χ0) is 32.5. The second-order valence-electron chi connectivity index (χ2n) is 10.8. The molecule has 0 fully saturated rings. The van der Waals surface area contributed by atoms with E-state index in [1.54, 1.807) is 42.5 Å². The van der Waals surface area contributed by atoms with Crippen LogP contribution in [0.4, 0.5) is 24.5 Å². The third-order valence-corrected chi connectivity index (χ3v) is 8.82. The summed E-state index contributed by atoms with van der Waals surface area (Å²) in [6, 6.07) is 16.7. The molecule has 14 heteroatoms. The number of carbonyl (C=O) groups excluding carboxylic acids is 3. The lowest BCUT2D eigenvalue weighted by molar-refractivity contribution is -0.141. The molecule has 0 radical (unpaired) electrons. The smallest absolute Gasteiger partial charge is 0.432 e. The number of hydrogen-bond acceptors (Lipinski definition) is 6. The van der Waals surface area contributed by atoms with E-state index < -0.39 is 46.9 Å². The van der Waals surface area contributed by atoms with Gasteiger partial charge in [-0.25, -0.2) is 4.79 Å². The van der Waals surface area contributed by atoms with Gasteiger partial charge in [-0.2, -0.15) is 13.2 Å². The van der Waals surface area contributed by atoms with Crippen molar-refractivity contribution in [1.29, 1.82) is 0 Å². The molecular weight excluding hydrogens is 673 g/mol. The van der Waals surface area contributed by atoms with E-state index in [0.29, 0.717) is 22.2 Å². The Morgan fingerprint density at radius 1 is 1.09 bits per heavy atom. The third kappa shape index (κ3) is 4.67. The molecule has 4 N–H and O–H groups in total. The van der Waals surface area contributed by atoms with Crippen molar-refractivity contribution in [2.45, 2.75) is 12.1 Å². The van der Waals surface area contributed by atoms with Crippen molar-refractivity contribution in [2.75, 3.05) is 29.2 Å². The molecule has 0 saturated carbocycles. The maximum absolute atomic E-state index is 14.0. The molecule has 10 nitrogen and oxygen atoms in total. The first-order valence-electron chi connectivity index (χ1n) is 13.9. The molecule has 1 atom stereocenters. The number of nitrogens with one attached hydrogen (secondary N) is 3. The molecule has 7 rings (SSSR count). The van der Waals surface area contributed by atoms with Gasteiger partial charge in [0.2, 0.25) is 0 Å². The molecule has 1 aliphatic rings. The van der Waals surface area contributed by atoms with Gasteiger partial charge in [0.1, 0.15) is 22.7 Å². The summed E-state index contributed by atoms with van der Waals surface area (Å²) in [5, 5.41) is 15.1. The Balaban J connectivity index is 1.24. The quantitative estimate of drug-likeness (QED) is 0.110.